The SMILES string of the molecule is Fc1ccc(F)c(-c2ccc3[nH]c4c(Br)cccc4c3c2)c1. The van der Waals surface area contributed by atoms with Crippen LogP contribution >= 0.6 is 15.9 Å². The van der Waals surface area contributed by atoms with Crippen LogP contribution in [0.15, 0.2) is 59.1 Å². The summed E-state index contributed by atoms with van der Waals surface area (Å²) >= 11 is 3.52. The van der Waals surface area contributed by atoms with Gasteiger partial charge in [0.05, 0.1) is 5.52 Å². The molecule has 4 rings (SSSR count). The Labute approximate surface area is 133 Å². The van der Waals surface area contributed by atoms with Gasteiger partial charge in [0.2, 0.25) is 0 Å². The van der Waals surface area contributed by atoms with Gasteiger partial charge in [0.1, 0.15) is 11.6 Å². The molecule has 0 radical (unpaired) electrons. The minimum Gasteiger partial charge on any atom is -0.354 e. The van der Waals surface area contributed by atoms with E-state index < -0.39 is 11.6 Å². The van der Waals surface area contributed by atoms with Crippen molar-refractivity contribution < 1.29 is 8.78 Å². The van der Waals surface area contributed by atoms with E-state index in [1.54, 1.807) is 6.07 Å². The first-order valence-electron chi connectivity index (χ1n) is 6.79. The summed E-state index contributed by atoms with van der Waals surface area (Å²) in [6.45, 7) is 0. The summed E-state index contributed by atoms with van der Waals surface area (Å²) < 4.78 is 28.4. The van der Waals surface area contributed by atoms with Crippen molar-refractivity contribution in [3.63, 3.8) is 0 Å². The zero-order valence-corrected chi connectivity index (χ0v) is 12.9. The van der Waals surface area contributed by atoms with E-state index in [1.165, 1.54) is 6.07 Å². The lowest BCUT2D eigenvalue weighted by molar-refractivity contribution is 0.603. The van der Waals surface area contributed by atoms with Crippen LogP contribution in [0.2, 0.25) is 0 Å². The zero-order chi connectivity index (χ0) is 15.3. The summed E-state index contributed by atoms with van der Waals surface area (Å²) in [6, 6.07) is 15.0. The highest BCUT2D eigenvalue weighted by Gasteiger charge is 2.11. The number of H-pyrrole nitrogens is 1. The molecule has 0 aliphatic rings. The van der Waals surface area contributed by atoms with Gasteiger partial charge in [-0.15, -0.1) is 0 Å². The van der Waals surface area contributed by atoms with E-state index in [1.807, 2.05) is 30.3 Å². The second-order valence-corrected chi connectivity index (χ2v) is 6.03. The molecular formula is C18H10BrF2N. The monoisotopic (exact) mass is 357 g/mol. The Hall–Kier alpha value is -2.20. The third kappa shape index (κ3) is 2.03. The van der Waals surface area contributed by atoms with Crippen LogP contribution in [-0.4, -0.2) is 4.98 Å². The van der Waals surface area contributed by atoms with Gasteiger partial charge in [0.15, 0.2) is 0 Å². The quantitative estimate of drug-likeness (QED) is 0.428. The van der Waals surface area contributed by atoms with Crippen molar-refractivity contribution in [1.82, 2.24) is 4.98 Å². The molecule has 0 bridgehead atoms. The van der Waals surface area contributed by atoms with Crippen LogP contribution in [0.25, 0.3) is 32.9 Å². The van der Waals surface area contributed by atoms with Crippen LogP contribution < -0.4 is 0 Å². The van der Waals surface area contributed by atoms with Gasteiger partial charge in [0.25, 0.3) is 0 Å². The molecule has 0 aliphatic heterocycles. The fourth-order valence-electron chi connectivity index (χ4n) is 2.77. The molecule has 1 N–H and O–H groups in total. The first kappa shape index (κ1) is 13.5. The number of benzene rings is 3. The van der Waals surface area contributed by atoms with Gasteiger partial charge in [-0.25, -0.2) is 8.78 Å². The minimum absolute atomic E-state index is 0.270. The number of halogens is 3. The Morgan fingerprint density at radius 2 is 1.73 bits per heavy atom. The van der Waals surface area contributed by atoms with Crippen molar-refractivity contribution in [3.05, 3.63) is 70.7 Å². The van der Waals surface area contributed by atoms with E-state index in [0.29, 0.717) is 5.56 Å². The molecule has 0 fully saturated rings. The first-order chi connectivity index (χ1) is 10.6. The zero-order valence-electron chi connectivity index (χ0n) is 11.3. The Bertz CT molecular complexity index is 1020. The number of hydrogen-bond acceptors (Lipinski definition) is 0. The molecule has 0 unspecified atom stereocenters. The van der Waals surface area contributed by atoms with Gasteiger partial charge in [0, 0.05) is 26.3 Å². The highest BCUT2D eigenvalue weighted by atomic mass is 79.9. The summed E-state index contributed by atoms with van der Waals surface area (Å²) in [5.74, 6) is -0.875. The molecule has 0 amide bonds. The van der Waals surface area contributed by atoms with E-state index in [0.717, 1.165) is 38.4 Å². The third-order valence-electron chi connectivity index (χ3n) is 3.82. The Morgan fingerprint density at radius 1 is 0.864 bits per heavy atom. The van der Waals surface area contributed by atoms with Crippen molar-refractivity contribution in [2.45, 2.75) is 0 Å². The maximum absolute atomic E-state index is 14.0. The summed E-state index contributed by atoms with van der Waals surface area (Å²) in [4.78, 5) is 3.34. The lowest BCUT2D eigenvalue weighted by Gasteiger charge is -2.04. The molecule has 0 saturated heterocycles. The molecule has 1 heterocycles. The van der Waals surface area contributed by atoms with Crippen LogP contribution in [0.1, 0.15) is 0 Å². The Kier molecular flexibility index (Phi) is 3.01. The topological polar surface area (TPSA) is 15.8 Å². The smallest absolute Gasteiger partial charge is 0.131 e. The van der Waals surface area contributed by atoms with Gasteiger partial charge in [-0.2, -0.15) is 0 Å². The number of rotatable bonds is 1. The minimum atomic E-state index is -0.446. The molecule has 3 aromatic carbocycles. The van der Waals surface area contributed by atoms with Crippen LogP contribution in [0.4, 0.5) is 8.78 Å². The van der Waals surface area contributed by atoms with Crippen LogP contribution in [-0.2, 0) is 0 Å². The molecule has 108 valence electrons. The second-order valence-electron chi connectivity index (χ2n) is 5.17. The number of aromatic nitrogens is 1. The van der Waals surface area contributed by atoms with Crippen molar-refractivity contribution in [2.24, 2.45) is 0 Å². The molecule has 1 nitrogen and oxygen atoms in total. The van der Waals surface area contributed by atoms with Crippen LogP contribution in [0.3, 0.4) is 0 Å². The average molecular weight is 358 g/mol. The number of para-hydroxylation sites is 1. The van der Waals surface area contributed by atoms with Crippen molar-refractivity contribution >= 4 is 37.7 Å². The third-order valence-corrected chi connectivity index (χ3v) is 4.48. The largest absolute Gasteiger partial charge is 0.354 e. The fraction of sp³-hybridized carbons (Fsp3) is 0. The predicted molar refractivity (Wildman–Crippen MR) is 88.9 cm³/mol. The number of aromatic amines is 1. The van der Waals surface area contributed by atoms with Crippen LogP contribution in [0.5, 0.6) is 0 Å². The van der Waals surface area contributed by atoms with Crippen LogP contribution in [0, 0.1) is 11.6 Å². The average Bonchev–Trinajstić information content (AvgIpc) is 2.89. The molecule has 0 spiro atoms. The molecule has 1 aromatic heterocycles. The van der Waals surface area contributed by atoms with Gasteiger partial charge < -0.3 is 4.98 Å². The number of fused-ring (bicyclic) bond motifs is 3. The second kappa shape index (κ2) is 4.92. The number of nitrogens with one attached hydrogen (secondary N) is 1. The Morgan fingerprint density at radius 3 is 2.59 bits per heavy atom. The van der Waals surface area contributed by atoms with E-state index in [-0.39, 0.29) is 5.56 Å². The molecule has 0 aliphatic carbocycles. The highest BCUT2D eigenvalue weighted by Crippen LogP contribution is 2.33. The first-order valence-corrected chi connectivity index (χ1v) is 7.58. The maximum atomic E-state index is 14.0. The number of hydrogen-bond donors (Lipinski definition) is 1. The molecule has 0 saturated carbocycles. The predicted octanol–water partition coefficient (Wildman–Crippen LogP) is 6.03. The van der Waals surface area contributed by atoms with Crippen molar-refractivity contribution in [3.8, 4) is 11.1 Å². The summed E-state index contributed by atoms with van der Waals surface area (Å²) in [7, 11) is 0. The van der Waals surface area contributed by atoms with Gasteiger partial charge in [-0.1, -0.05) is 18.2 Å². The van der Waals surface area contributed by atoms with Crippen molar-refractivity contribution in [2.75, 3.05) is 0 Å². The van der Waals surface area contributed by atoms with Crippen molar-refractivity contribution in [1.29, 1.82) is 0 Å². The lowest BCUT2D eigenvalue weighted by Crippen LogP contribution is -1.86. The highest BCUT2D eigenvalue weighted by molar-refractivity contribution is 9.10. The summed E-state index contributed by atoms with van der Waals surface area (Å²) in [5, 5.41) is 2.03. The van der Waals surface area contributed by atoms with Gasteiger partial charge in [-0.05, 0) is 57.9 Å². The van der Waals surface area contributed by atoms with E-state index in [4.69, 9.17) is 0 Å². The van der Waals surface area contributed by atoms with Gasteiger partial charge >= 0.3 is 0 Å². The standard InChI is InChI=1S/C18H10BrF2N/c19-15-3-1-2-12-14-8-10(4-7-17(14)22-18(12)15)13-9-11(20)5-6-16(13)21/h1-9,22H. The fourth-order valence-corrected chi connectivity index (χ4v) is 3.24. The Balaban J connectivity index is 2.03. The summed E-state index contributed by atoms with van der Waals surface area (Å²) in [5.41, 5.74) is 2.88. The summed E-state index contributed by atoms with van der Waals surface area (Å²) in [6.07, 6.45) is 0. The molecule has 4 aromatic rings. The maximum Gasteiger partial charge on any atom is 0.131 e. The lowest BCUT2D eigenvalue weighted by atomic mass is 10.0. The molecule has 22 heavy (non-hydrogen) atoms. The normalized spacial score (nSPS) is 11.4. The van der Waals surface area contributed by atoms with E-state index in [2.05, 4.69) is 20.9 Å². The molecular weight excluding hydrogens is 348 g/mol. The van der Waals surface area contributed by atoms with E-state index in [9.17, 15) is 8.78 Å². The van der Waals surface area contributed by atoms with Gasteiger partial charge in [-0.3, -0.25) is 0 Å². The molecule has 4 heteroatoms. The van der Waals surface area contributed by atoms with E-state index >= 15 is 0 Å². The molecule has 0 atom stereocenters.